The number of benzene rings is 1. The molecule has 1 unspecified atom stereocenters. The third-order valence-electron chi connectivity index (χ3n) is 2.42. The highest BCUT2D eigenvalue weighted by Crippen LogP contribution is 2.35. The van der Waals surface area contributed by atoms with E-state index in [9.17, 15) is 9.59 Å². The predicted octanol–water partition coefficient (Wildman–Crippen LogP) is 1.54. The first-order valence-electron chi connectivity index (χ1n) is 4.98. The number of aliphatic carboxylic acids is 1. The molecule has 1 aliphatic rings. The summed E-state index contributed by atoms with van der Waals surface area (Å²) in [5.41, 5.74) is 0.392. The fourth-order valence-corrected chi connectivity index (χ4v) is 1.84. The first-order chi connectivity index (χ1) is 7.99. The average molecular weight is 256 g/mol. The van der Waals surface area contributed by atoms with Crippen LogP contribution in [0.5, 0.6) is 5.75 Å². The lowest BCUT2D eigenvalue weighted by Crippen LogP contribution is -2.46. The van der Waals surface area contributed by atoms with Crippen LogP contribution >= 0.6 is 11.6 Å². The standard InChI is InChI=1S/C11H10ClNO4/c1-6-11(16)13(5-10(14)15)8-4-7(12)2-3-9(8)17-6/h2-4,6H,5H2,1H3,(H,14,15). The molecule has 1 N–H and O–H groups in total. The van der Waals surface area contributed by atoms with Crippen LogP contribution in [0.25, 0.3) is 0 Å². The summed E-state index contributed by atoms with van der Waals surface area (Å²) in [7, 11) is 0. The SMILES string of the molecule is CC1Oc2ccc(Cl)cc2N(CC(=O)O)C1=O. The van der Waals surface area contributed by atoms with E-state index in [2.05, 4.69) is 0 Å². The lowest BCUT2D eigenvalue weighted by Gasteiger charge is -2.31. The van der Waals surface area contributed by atoms with Gasteiger partial charge < -0.3 is 9.84 Å². The second-order valence-electron chi connectivity index (χ2n) is 3.69. The highest BCUT2D eigenvalue weighted by molar-refractivity contribution is 6.31. The van der Waals surface area contributed by atoms with Gasteiger partial charge in [0.25, 0.3) is 5.91 Å². The van der Waals surface area contributed by atoms with E-state index < -0.39 is 18.6 Å². The second-order valence-corrected chi connectivity index (χ2v) is 4.13. The minimum Gasteiger partial charge on any atom is -0.480 e. The van der Waals surface area contributed by atoms with Crippen molar-refractivity contribution in [1.29, 1.82) is 0 Å². The third-order valence-corrected chi connectivity index (χ3v) is 2.66. The fraction of sp³-hybridized carbons (Fsp3) is 0.273. The number of carbonyl (C=O) groups is 2. The molecule has 0 spiro atoms. The zero-order valence-corrected chi connectivity index (χ0v) is 9.77. The van der Waals surface area contributed by atoms with Crippen molar-refractivity contribution in [1.82, 2.24) is 0 Å². The van der Waals surface area contributed by atoms with Gasteiger partial charge in [-0.15, -0.1) is 0 Å². The quantitative estimate of drug-likeness (QED) is 0.870. The van der Waals surface area contributed by atoms with E-state index in [1.54, 1.807) is 19.1 Å². The summed E-state index contributed by atoms with van der Waals surface area (Å²) in [6.07, 6.45) is -0.692. The third kappa shape index (κ3) is 2.19. The van der Waals surface area contributed by atoms with Crippen molar-refractivity contribution in [3.05, 3.63) is 23.2 Å². The zero-order valence-electron chi connectivity index (χ0n) is 9.01. The summed E-state index contributed by atoms with van der Waals surface area (Å²) in [5.74, 6) is -1.01. The average Bonchev–Trinajstić information content (AvgIpc) is 2.25. The van der Waals surface area contributed by atoms with Crippen LogP contribution in [0.4, 0.5) is 5.69 Å². The van der Waals surface area contributed by atoms with Crippen molar-refractivity contribution >= 4 is 29.2 Å². The summed E-state index contributed by atoms with van der Waals surface area (Å²) in [6, 6.07) is 4.76. The van der Waals surface area contributed by atoms with E-state index >= 15 is 0 Å². The van der Waals surface area contributed by atoms with E-state index in [1.807, 2.05) is 0 Å². The second kappa shape index (κ2) is 4.25. The first-order valence-corrected chi connectivity index (χ1v) is 5.36. The highest BCUT2D eigenvalue weighted by atomic mass is 35.5. The maximum atomic E-state index is 11.8. The van der Waals surface area contributed by atoms with Crippen molar-refractivity contribution in [2.45, 2.75) is 13.0 Å². The number of nitrogens with zero attached hydrogens (tertiary/aromatic N) is 1. The Labute approximate surface area is 103 Å². The van der Waals surface area contributed by atoms with Gasteiger partial charge in [-0.1, -0.05) is 11.6 Å². The van der Waals surface area contributed by atoms with Gasteiger partial charge in [-0.3, -0.25) is 14.5 Å². The monoisotopic (exact) mass is 255 g/mol. The predicted molar refractivity (Wildman–Crippen MR) is 61.5 cm³/mol. The fourth-order valence-electron chi connectivity index (χ4n) is 1.68. The van der Waals surface area contributed by atoms with Crippen molar-refractivity contribution in [2.75, 3.05) is 11.4 Å². The molecule has 0 aliphatic carbocycles. The molecule has 17 heavy (non-hydrogen) atoms. The first kappa shape index (κ1) is 11.7. The summed E-state index contributed by atoms with van der Waals surface area (Å²) < 4.78 is 5.37. The summed E-state index contributed by atoms with van der Waals surface area (Å²) >= 11 is 5.82. The number of ether oxygens (including phenoxy) is 1. The van der Waals surface area contributed by atoms with Crippen molar-refractivity contribution < 1.29 is 19.4 Å². The van der Waals surface area contributed by atoms with Crippen LogP contribution in [-0.2, 0) is 9.59 Å². The minimum absolute atomic E-state index is 0.387. The molecule has 1 amide bonds. The van der Waals surface area contributed by atoms with Crippen molar-refractivity contribution in [3.63, 3.8) is 0 Å². The molecule has 0 saturated carbocycles. The Kier molecular flexibility index (Phi) is 2.93. The number of hydrogen-bond donors (Lipinski definition) is 1. The van der Waals surface area contributed by atoms with Gasteiger partial charge in [0.15, 0.2) is 6.10 Å². The van der Waals surface area contributed by atoms with Gasteiger partial charge in [0.1, 0.15) is 12.3 Å². The number of fused-ring (bicyclic) bond motifs is 1. The van der Waals surface area contributed by atoms with Crippen molar-refractivity contribution in [3.8, 4) is 5.75 Å². The molecule has 1 aromatic carbocycles. The molecule has 1 heterocycles. The number of halogens is 1. The Balaban J connectivity index is 2.46. The van der Waals surface area contributed by atoms with E-state index in [-0.39, 0.29) is 5.91 Å². The molecular weight excluding hydrogens is 246 g/mol. The smallest absolute Gasteiger partial charge is 0.323 e. The van der Waals surface area contributed by atoms with Gasteiger partial charge in [0.2, 0.25) is 0 Å². The molecule has 0 radical (unpaired) electrons. The van der Waals surface area contributed by atoms with Crippen LogP contribution in [0.2, 0.25) is 5.02 Å². The molecule has 1 aromatic rings. The number of anilines is 1. The van der Waals surface area contributed by atoms with Crippen LogP contribution in [0.15, 0.2) is 18.2 Å². The van der Waals surface area contributed by atoms with E-state index in [0.717, 1.165) is 4.90 Å². The van der Waals surface area contributed by atoms with Gasteiger partial charge in [0, 0.05) is 5.02 Å². The lowest BCUT2D eigenvalue weighted by atomic mass is 10.2. The topological polar surface area (TPSA) is 66.8 Å². The molecule has 0 aromatic heterocycles. The van der Waals surface area contributed by atoms with Crippen LogP contribution in [0, 0.1) is 0 Å². The minimum atomic E-state index is -1.08. The molecular formula is C11H10ClNO4. The van der Waals surface area contributed by atoms with Gasteiger partial charge in [-0.2, -0.15) is 0 Å². The number of carbonyl (C=O) groups excluding carboxylic acids is 1. The Hall–Kier alpha value is -1.75. The number of rotatable bonds is 2. The Morgan fingerprint density at radius 1 is 1.59 bits per heavy atom. The summed E-state index contributed by atoms with van der Waals surface area (Å²) in [6.45, 7) is 1.18. The molecule has 0 saturated heterocycles. The molecule has 0 fully saturated rings. The van der Waals surface area contributed by atoms with Crippen LogP contribution in [-0.4, -0.2) is 29.6 Å². The van der Waals surface area contributed by atoms with Crippen LogP contribution in [0.3, 0.4) is 0 Å². The number of carboxylic acids is 1. The van der Waals surface area contributed by atoms with Crippen molar-refractivity contribution in [2.24, 2.45) is 0 Å². The van der Waals surface area contributed by atoms with E-state index in [4.69, 9.17) is 21.4 Å². The zero-order chi connectivity index (χ0) is 12.6. The van der Waals surface area contributed by atoms with Gasteiger partial charge in [-0.05, 0) is 25.1 Å². The normalized spacial score (nSPS) is 18.6. The Morgan fingerprint density at radius 3 is 2.94 bits per heavy atom. The van der Waals surface area contributed by atoms with Gasteiger partial charge >= 0.3 is 5.97 Å². The maximum absolute atomic E-state index is 11.8. The maximum Gasteiger partial charge on any atom is 0.323 e. The molecule has 0 bridgehead atoms. The number of amides is 1. The molecule has 1 aliphatic heterocycles. The lowest BCUT2D eigenvalue weighted by molar-refractivity contribution is -0.137. The van der Waals surface area contributed by atoms with E-state index in [1.165, 1.54) is 6.07 Å². The molecule has 2 rings (SSSR count). The summed E-state index contributed by atoms with van der Waals surface area (Å²) in [5, 5.41) is 9.22. The Bertz CT molecular complexity index is 488. The number of carboxylic acid groups (broad SMARTS) is 1. The largest absolute Gasteiger partial charge is 0.480 e. The van der Waals surface area contributed by atoms with Gasteiger partial charge in [0.05, 0.1) is 5.69 Å². The van der Waals surface area contributed by atoms with Crippen LogP contribution in [0.1, 0.15) is 6.92 Å². The molecule has 5 nitrogen and oxygen atoms in total. The molecule has 90 valence electrons. The molecule has 1 atom stereocenters. The highest BCUT2D eigenvalue weighted by Gasteiger charge is 2.32. The summed E-state index contributed by atoms with van der Waals surface area (Å²) in [4.78, 5) is 23.7. The molecule has 6 heteroatoms. The Morgan fingerprint density at radius 2 is 2.29 bits per heavy atom. The van der Waals surface area contributed by atoms with E-state index in [0.29, 0.717) is 16.5 Å². The van der Waals surface area contributed by atoms with Gasteiger partial charge in [-0.25, -0.2) is 0 Å². The number of hydrogen-bond acceptors (Lipinski definition) is 3. The van der Waals surface area contributed by atoms with Crippen LogP contribution < -0.4 is 9.64 Å².